The van der Waals surface area contributed by atoms with E-state index in [0.29, 0.717) is 5.56 Å². The smallest absolute Gasteiger partial charge is 0.328 e. The topological polar surface area (TPSA) is 84.3 Å². The van der Waals surface area contributed by atoms with E-state index in [0.717, 1.165) is 4.57 Å². The van der Waals surface area contributed by atoms with Crippen LogP contribution >= 0.6 is 0 Å². The lowest BCUT2D eigenvalue weighted by atomic mass is 9.91. The van der Waals surface area contributed by atoms with Gasteiger partial charge in [-0.3, -0.25) is 14.3 Å². The lowest BCUT2D eigenvalue weighted by Crippen LogP contribution is -2.48. The van der Waals surface area contributed by atoms with Crippen molar-refractivity contribution in [1.82, 2.24) is 9.55 Å². The molecule has 7 heteroatoms. The number of aromatic nitrogens is 2. The molecule has 1 aromatic rings. The summed E-state index contributed by atoms with van der Waals surface area (Å²) >= 11 is 0. The SMILES string of the molecule is Cc1cn([C@@H]2COC(CO)[C@@H](C)[C@H]2F)c(=O)[nH]c1=O. The molecule has 0 aromatic carbocycles. The van der Waals surface area contributed by atoms with Crippen LogP contribution in [0.3, 0.4) is 0 Å². The molecule has 0 spiro atoms. The monoisotopic (exact) mass is 272 g/mol. The highest BCUT2D eigenvalue weighted by atomic mass is 19.1. The van der Waals surface area contributed by atoms with Crippen LogP contribution in [-0.2, 0) is 4.74 Å². The molecule has 2 rings (SSSR count). The molecule has 0 saturated carbocycles. The molecule has 1 saturated heterocycles. The van der Waals surface area contributed by atoms with Crippen LogP contribution in [0.4, 0.5) is 4.39 Å². The Morgan fingerprint density at radius 1 is 1.58 bits per heavy atom. The van der Waals surface area contributed by atoms with Gasteiger partial charge in [-0.05, 0) is 6.92 Å². The van der Waals surface area contributed by atoms with E-state index in [1.807, 2.05) is 0 Å². The summed E-state index contributed by atoms with van der Waals surface area (Å²) in [6.07, 6.45) is -0.548. The molecule has 4 atom stereocenters. The summed E-state index contributed by atoms with van der Waals surface area (Å²) in [6.45, 7) is 2.91. The average molecular weight is 272 g/mol. The minimum atomic E-state index is -1.33. The van der Waals surface area contributed by atoms with Gasteiger partial charge in [-0.15, -0.1) is 0 Å². The summed E-state index contributed by atoms with van der Waals surface area (Å²) in [5.41, 5.74) is -0.792. The Balaban J connectivity index is 2.35. The molecule has 6 nitrogen and oxygen atoms in total. The molecule has 1 fully saturated rings. The Morgan fingerprint density at radius 3 is 2.89 bits per heavy atom. The fraction of sp³-hybridized carbons (Fsp3) is 0.667. The van der Waals surface area contributed by atoms with E-state index in [-0.39, 0.29) is 13.2 Å². The fourth-order valence-electron chi connectivity index (χ4n) is 2.31. The summed E-state index contributed by atoms with van der Waals surface area (Å²) < 4.78 is 20.9. The number of H-pyrrole nitrogens is 1. The van der Waals surface area contributed by atoms with Gasteiger partial charge in [0.1, 0.15) is 6.17 Å². The van der Waals surface area contributed by atoms with Crippen LogP contribution in [0.1, 0.15) is 18.5 Å². The number of nitrogens with zero attached hydrogens (tertiary/aromatic N) is 1. The van der Waals surface area contributed by atoms with E-state index < -0.39 is 35.5 Å². The lowest BCUT2D eigenvalue weighted by Gasteiger charge is -2.37. The van der Waals surface area contributed by atoms with Gasteiger partial charge in [0.2, 0.25) is 0 Å². The van der Waals surface area contributed by atoms with Crippen LogP contribution in [0, 0.1) is 12.8 Å². The Bertz CT molecular complexity index is 568. The molecule has 1 aliphatic heterocycles. The largest absolute Gasteiger partial charge is 0.394 e. The number of halogens is 1. The maximum atomic E-state index is 14.3. The number of alkyl halides is 1. The number of aliphatic hydroxyl groups is 1. The van der Waals surface area contributed by atoms with Crippen molar-refractivity contribution in [2.24, 2.45) is 5.92 Å². The molecule has 1 unspecified atom stereocenters. The highest BCUT2D eigenvalue weighted by Gasteiger charge is 2.39. The Hall–Kier alpha value is -1.47. The molecule has 2 heterocycles. The highest BCUT2D eigenvalue weighted by Crippen LogP contribution is 2.30. The summed E-state index contributed by atoms with van der Waals surface area (Å²) in [7, 11) is 0. The molecule has 0 bridgehead atoms. The van der Waals surface area contributed by atoms with E-state index in [9.17, 15) is 14.0 Å². The van der Waals surface area contributed by atoms with Crippen LogP contribution in [-0.4, -0.2) is 40.1 Å². The first kappa shape index (κ1) is 14.0. The summed E-state index contributed by atoms with van der Waals surface area (Å²) in [4.78, 5) is 25.2. The molecule has 1 aromatic heterocycles. The first-order valence-corrected chi connectivity index (χ1v) is 6.14. The van der Waals surface area contributed by atoms with Gasteiger partial charge in [-0.2, -0.15) is 0 Å². The zero-order valence-electron chi connectivity index (χ0n) is 10.8. The quantitative estimate of drug-likeness (QED) is 0.777. The Labute approximate surface area is 108 Å². The minimum absolute atomic E-state index is 0.0118. The number of ether oxygens (including phenoxy) is 1. The maximum Gasteiger partial charge on any atom is 0.328 e. The summed E-state index contributed by atoms with van der Waals surface area (Å²) in [5, 5.41) is 9.06. The van der Waals surface area contributed by atoms with Gasteiger partial charge in [-0.1, -0.05) is 6.92 Å². The zero-order valence-corrected chi connectivity index (χ0v) is 10.8. The first-order chi connectivity index (χ1) is 8.95. The predicted octanol–water partition coefficient (Wildman–Crippen LogP) is -0.249. The normalized spacial score (nSPS) is 31.4. The number of hydrogen-bond donors (Lipinski definition) is 2. The van der Waals surface area contributed by atoms with Gasteiger partial charge < -0.3 is 9.84 Å². The van der Waals surface area contributed by atoms with Crippen molar-refractivity contribution < 1.29 is 14.2 Å². The first-order valence-electron chi connectivity index (χ1n) is 6.14. The van der Waals surface area contributed by atoms with E-state index >= 15 is 0 Å². The molecule has 0 radical (unpaired) electrons. The molecule has 0 amide bonds. The number of hydrogen-bond acceptors (Lipinski definition) is 4. The third-order valence-corrected chi connectivity index (χ3v) is 3.62. The van der Waals surface area contributed by atoms with E-state index in [4.69, 9.17) is 9.84 Å². The molecule has 0 aliphatic carbocycles. The van der Waals surface area contributed by atoms with Crippen molar-refractivity contribution in [3.63, 3.8) is 0 Å². The van der Waals surface area contributed by atoms with Crippen molar-refractivity contribution in [3.8, 4) is 0 Å². The van der Waals surface area contributed by atoms with Gasteiger partial charge in [-0.25, -0.2) is 9.18 Å². The maximum absolute atomic E-state index is 14.3. The van der Waals surface area contributed by atoms with Gasteiger partial charge in [0.15, 0.2) is 0 Å². The number of aliphatic hydroxyl groups excluding tert-OH is 1. The minimum Gasteiger partial charge on any atom is -0.394 e. The highest BCUT2D eigenvalue weighted by molar-refractivity contribution is 5.03. The zero-order chi connectivity index (χ0) is 14.2. The summed E-state index contributed by atoms with van der Waals surface area (Å²) in [5.74, 6) is -0.525. The van der Waals surface area contributed by atoms with Crippen LogP contribution in [0.15, 0.2) is 15.8 Å². The molecule has 1 aliphatic rings. The van der Waals surface area contributed by atoms with Crippen LogP contribution < -0.4 is 11.2 Å². The number of nitrogens with one attached hydrogen (secondary N) is 1. The molecule has 2 N–H and O–H groups in total. The van der Waals surface area contributed by atoms with E-state index in [1.54, 1.807) is 13.8 Å². The average Bonchev–Trinajstić information content (AvgIpc) is 2.37. The third-order valence-electron chi connectivity index (χ3n) is 3.62. The van der Waals surface area contributed by atoms with Crippen molar-refractivity contribution in [1.29, 1.82) is 0 Å². The van der Waals surface area contributed by atoms with Gasteiger partial charge in [0.05, 0.1) is 25.4 Å². The standard InChI is InChI=1S/C12H17FN2O4/c1-6-3-15(12(18)14-11(6)17)8-5-19-9(4-16)7(2)10(8)13/h3,7-10,16H,4-5H2,1-2H3,(H,14,17,18)/t7-,8-,9?,10-/m1/s1. The molecule has 106 valence electrons. The molecule has 19 heavy (non-hydrogen) atoms. The number of rotatable bonds is 2. The second-order valence-corrected chi connectivity index (χ2v) is 4.90. The van der Waals surface area contributed by atoms with Crippen LogP contribution in [0.25, 0.3) is 0 Å². The van der Waals surface area contributed by atoms with E-state index in [1.165, 1.54) is 6.20 Å². The Kier molecular flexibility index (Phi) is 3.86. The van der Waals surface area contributed by atoms with Gasteiger partial charge in [0.25, 0.3) is 5.56 Å². The van der Waals surface area contributed by atoms with Crippen molar-refractivity contribution >= 4 is 0 Å². The van der Waals surface area contributed by atoms with Crippen molar-refractivity contribution in [3.05, 3.63) is 32.6 Å². The Morgan fingerprint density at radius 2 is 2.26 bits per heavy atom. The van der Waals surface area contributed by atoms with Crippen LogP contribution in [0.2, 0.25) is 0 Å². The third kappa shape index (κ3) is 2.48. The predicted molar refractivity (Wildman–Crippen MR) is 66.0 cm³/mol. The molecular weight excluding hydrogens is 255 g/mol. The van der Waals surface area contributed by atoms with E-state index in [2.05, 4.69) is 4.98 Å². The lowest BCUT2D eigenvalue weighted by molar-refractivity contribution is -0.108. The van der Waals surface area contributed by atoms with Gasteiger partial charge >= 0.3 is 5.69 Å². The molecular formula is C12H17FN2O4. The number of aromatic amines is 1. The van der Waals surface area contributed by atoms with Gasteiger partial charge in [0, 0.05) is 17.7 Å². The van der Waals surface area contributed by atoms with Crippen LogP contribution in [0.5, 0.6) is 0 Å². The second-order valence-electron chi connectivity index (χ2n) is 4.90. The number of aryl methyl sites for hydroxylation is 1. The van der Waals surface area contributed by atoms with Crippen molar-refractivity contribution in [2.45, 2.75) is 32.2 Å². The van der Waals surface area contributed by atoms with Crippen molar-refractivity contribution in [2.75, 3.05) is 13.2 Å². The second kappa shape index (κ2) is 5.26. The summed E-state index contributed by atoms with van der Waals surface area (Å²) in [6, 6.07) is -0.791. The fourth-order valence-corrected chi connectivity index (χ4v) is 2.31.